The number of benzene rings is 2. The van der Waals surface area contributed by atoms with E-state index in [2.05, 4.69) is 49.4 Å². The Bertz CT molecular complexity index is 543. The Balaban J connectivity index is 2.05. The zero-order chi connectivity index (χ0) is 11.7. The Labute approximate surface area is 113 Å². The molecule has 0 nitrogen and oxygen atoms in total. The third-order valence-electron chi connectivity index (χ3n) is 3.64. The maximum atomic E-state index is 3.97. The molecule has 81 valence electrons. The minimum atomic E-state index is -0.110. The molecule has 0 unspecified atom stereocenters. The van der Waals surface area contributed by atoms with Gasteiger partial charge in [-0.1, -0.05) is 61.4 Å². The molecule has 1 heteroatoms. The summed E-state index contributed by atoms with van der Waals surface area (Å²) in [6, 6.07) is 15.7. The SMILES string of the molecule is [CH2]C[CH2][Mg][c]1cccc2c1Cc1ccccc1-2. The Morgan fingerprint density at radius 3 is 2.71 bits per heavy atom. The van der Waals surface area contributed by atoms with Gasteiger partial charge in [0, 0.05) is 0 Å². The van der Waals surface area contributed by atoms with Gasteiger partial charge in [-0.15, -0.1) is 4.55 Å². The molecule has 0 heterocycles. The number of rotatable bonds is 3. The first-order valence-electron chi connectivity index (χ1n) is 6.38. The van der Waals surface area contributed by atoms with Crippen LogP contribution in [0, 0.1) is 6.92 Å². The van der Waals surface area contributed by atoms with Gasteiger partial charge in [0.2, 0.25) is 0 Å². The van der Waals surface area contributed by atoms with Crippen LogP contribution in [0.1, 0.15) is 17.5 Å². The van der Waals surface area contributed by atoms with E-state index in [4.69, 9.17) is 0 Å². The molecule has 1 radical (unpaired) electrons. The molecule has 2 aromatic rings. The average molecular weight is 232 g/mol. The van der Waals surface area contributed by atoms with E-state index in [1.807, 2.05) is 0 Å². The predicted octanol–water partition coefficient (Wildman–Crippen LogP) is 3.23. The van der Waals surface area contributed by atoms with E-state index in [1.165, 1.54) is 21.2 Å². The highest BCUT2D eigenvalue weighted by atomic mass is 24.5. The highest BCUT2D eigenvalue weighted by molar-refractivity contribution is 6.54. The molecule has 0 aliphatic heterocycles. The lowest BCUT2D eigenvalue weighted by Gasteiger charge is -2.07. The molecular weight excluding hydrogens is 216 g/mol. The summed E-state index contributed by atoms with van der Waals surface area (Å²) in [6.07, 6.45) is 2.23. The van der Waals surface area contributed by atoms with Gasteiger partial charge in [-0.3, -0.25) is 0 Å². The van der Waals surface area contributed by atoms with E-state index in [9.17, 15) is 0 Å². The van der Waals surface area contributed by atoms with Gasteiger partial charge >= 0.3 is 20.4 Å². The van der Waals surface area contributed by atoms with Crippen molar-refractivity contribution in [2.75, 3.05) is 0 Å². The molecule has 0 N–H and O–H groups in total. The van der Waals surface area contributed by atoms with Crippen molar-refractivity contribution in [2.45, 2.75) is 17.4 Å². The second kappa shape index (κ2) is 4.83. The second-order valence-electron chi connectivity index (χ2n) is 4.73. The van der Waals surface area contributed by atoms with E-state index in [0.717, 1.165) is 12.8 Å². The number of hydrogen-bond donors (Lipinski definition) is 0. The lowest BCUT2D eigenvalue weighted by molar-refractivity contribution is 1.20. The second-order valence-corrected chi connectivity index (χ2v) is 6.70. The van der Waals surface area contributed by atoms with Crippen LogP contribution in [-0.2, 0) is 6.42 Å². The summed E-state index contributed by atoms with van der Waals surface area (Å²) in [5, 5.41) is 0. The highest BCUT2D eigenvalue weighted by Gasteiger charge is 2.19. The van der Waals surface area contributed by atoms with E-state index < -0.39 is 0 Å². The smallest absolute Gasteiger partial charge is 0.170 e. The molecule has 3 rings (SSSR count). The molecule has 17 heavy (non-hydrogen) atoms. The molecule has 0 aromatic heterocycles. The first-order chi connectivity index (χ1) is 8.40. The first kappa shape index (κ1) is 11.3. The van der Waals surface area contributed by atoms with Gasteiger partial charge in [-0.05, 0) is 23.1 Å². The predicted molar refractivity (Wildman–Crippen MR) is 74.9 cm³/mol. The fraction of sp³-hybridized carbons (Fsp3) is 0.188. The zero-order valence-electron chi connectivity index (χ0n) is 10.1. The van der Waals surface area contributed by atoms with Crippen LogP contribution in [0.2, 0.25) is 4.55 Å². The number of hydrogen-bond acceptors (Lipinski definition) is 0. The maximum absolute atomic E-state index is 3.97. The Kier molecular flexibility index (Phi) is 3.21. The quantitative estimate of drug-likeness (QED) is 0.607. The van der Waals surface area contributed by atoms with Crippen molar-refractivity contribution in [3.05, 3.63) is 60.5 Å². The minimum absolute atomic E-state index is 0.110. The highest BCUT2D eigenvalue weighted by Crippen LogP contribution is 2.34. The summed E-state index contributed by atoms with van der Waals surface area (Å²) in [4.78, 5) is 0. The van der Waals surface area contributed by atoms with E-state index in [1.54, 1.807) is 9.26 Å². The molecule has 0 fully saturated rings. The maximum Gasteiger partial charge on any atom is 0.409 e. The normalized spacial score (nSPS) is 11.8. The average Bonchev–Trinajstić information content (AvgIpc) is 2.75. The molecule has 0 amide bonds. The molecular formula is C16H15Mg. The molecule has 0 spiro atoms. The van der Waals surface area contributed by atoms with E-state index >= 15 is 0 Å². The van der Waals surface area contributed by atoms with Crippen LogP contribution in [0.5, 0.6) is 0 Å². The van der Waals surface area contributed by atoms with Crippen LogP contribution < -0.4 is 3.69 Å². The molecule has 0 bridgehead atoms. The van der Waals surface area contributed by atoms with Crippen molar-refractivity contribution in [3.8, 4) is 11.1 Å². The molecule has 0 saturated carbocycles. The summed E-state index contributed by atoms with van der Waals surface area (Å²) in [5.41, 5.74) is 6.04. The lowest BCUT2D eigenvalue weighted by Crippen LogP contribution is -2.18. The summed E-state index contributed by atoms with van der Waals surface area (Å²) in [7, 11) is 0. The van der Waals surface area contributed by atoms with Crippen LogP contribution in [0.4, 0.5) is 0 Å². The van der Waals surface area contributed by atoms with Crippen molar-refractivity contribution in [1.29, 1.82) is 0 Å². The van der Waals surface area contributed by atoms with Crippen LogP contribution in [0.25, 0.3) is 11.1 Å². The summed E-state index contributed by atoms with van der Waals surface area (Å²) in [5.74, 6) is 0. The van der Waals surface area contributed by atoms with Gasteiger partial charge in [0.1, 0.15) is 0 Å². The van der Waals surface area contributed by atoms with Crippen LogP contribution >= 0.6 is 0 Å². The van der Waals surface area contributed by atoms with Gasteiger partial charge in [0.25, 0.3) is 0 Å². The van der Waals surface area contributed by atoms with Crippen LogP contribution in [0.15, 0.2) is 42.5 Å². The fourth-order valence-corrected chi connectivity index (χ4v) is 4.32. The first-order valence-corrected chi connectivity index (χ1v) is 8.09. The van der Waals surface area contributed by atoms with Crippen LogP contribution in [-0.4, -0.2) is 20.4 Å². The number of fused-ring (bicyclic) bond motifs is 3. The van der Waals surface area contributed by atoms with E-state index in [-0.39, 0.29) is 20.4 Å². The summed E-state index contributed by atoms with van der Waals surface area (Å²) >= 11 is -0.110. The monoisotopic (exact) mass is 231 g/mol. The fourth-order valence-electron chi connectivity index (χ4n) is 2.77. The van der Waals surface area contributed by atoms with Crippen molar-refractivity contribution >= 4 is 24.1 Å². The van der Waals surface area contributed by atoms with Gasteiger partial charge < -0.3 is 0 Å². The molecule has 1 aliphatic rings. The molecule has 0 saturated heterocycles. The third kappa shape index (κ3) is 2.02. The van der Waals surface area contributed by atoms with Crippen molar-refractivity contribution in [2.24, 2.45) is 0 Å². The molecule has 1 aliphatic carbocycles. The lowest BCUT2D eigenvalue weighted by atomic mass is 10.1. The largest absolute Gasteiger partial charge is 0.409 e. The third-order valence-corrected chi connectivity index (χ3v) is 5.70. The minimum Gasteiger partial charge on any atom is -0.170 e. The summed E-state index contributed by atoms with van der Waals surface area (Å²) < 4.78 is 2.98. The standard InChI is InChI=1S/C13H9.C3H6.Mg/c1-3-7-12-10(5-1)9-11-6-2-4-8-13(11)12;1-3-2;/h1-5,7-8H,9H2;1-3H2;. The molecule has 2 aromatic carbocycles. The topological polar surface area (TPSA) is 0 Å². The van der Waals surface area contributed by atoms with Gasteiger partial charge in [0.05, 0.1) is 0 Å². The molecule has 0 atom stereocenters. The Morgan fingerprint density at radius 1 is 1.00 bits per heavy atom. The van der Waals surface area contributed by atoms with Crippen LogP contribution in [0.3, 0.4) is 0 Å². The van der Waals surface area contributed by atoms with Gasteiger partial charge in [0.15, 0.2) is 0 Å². The summed E-state index contributed by atoms with van der Waals surface area (Å²) in [6.45, 7) is 3.97. The Morgan fingerprint density at radius 2 is 1.82 bits per heavy atom. The Hall–Kier alpha value is -0.794. The van der Waals surface area contributed by atoms with Crippen molar-refractivity contribution in [1.82, 2.24) is 0 Å². The zero-order valence-corrected chi connectivity index (χ0v) is 11.5. The van der Waals surface area contributed by atoms with Gasteiger partial charge in [-0.25, -0.2) is 0 Å². The van der Waals surface area contributed by atoms with E-state index in [0.29, 0.717) is 0 Å². The van der Waals surface area contributed by atoms with Crippen molar-refractivity contribution < 1.29 is 0 Å². The van der Waals surface area contributed by atoms with Gasteiger partial charge in [-0.2, -0.15) is 3.69 Å². The van der Waals surface area contributed by atoms with Crippen molar-refractivity contribution in [3.63, 3.8) is 0 Å².